The van der Waals surface area contributed by atoms with E-state index >= 15 is 0 Å². The highest BCUT2D eigenvalue weighted by molar-refractivity contribution is 6.13. The highest BCUT2D eigenvalue weighted by Gasteiger charge is 2.06. The largest absolute Gasteiger partial charge is 0.248 e. The molecule has 3 aromatic rings. The van der Waals surface area contributed by atoms with E-state index in [1.165, 1.54) is 7.11 Å². The number of benzene rings is 3. The van der Waals surface area contributed by atoms with Gasteiger partial charge in [-0.05, 0) is 17.7 Å². The minimum absolute atomic E-state index is 0.421. The van der Waals surface area contributed by atoms with Crippen molar-refractivity contribution in [2.75, 3.05) is 7.11 Å². The third kappa shape index (κ3) is 4.16. The molecule has 0 aromatic heterocycles. The van der Waals surface area contributed by atoms with E-state index in [1.807, 2.05) is 60.7 Å². The summed E-state index contributed by atoms with van der Waals surface area (Å²) < 4.78 is 0. The molecule has 0 unspecified atom stereocenters. The molecular weight excluding hydrogens is 298 g/mol. The quantitative estimate of drug-likeness (QED) is 0.366. The molecule has 0 aliphatic carbocycles. The number of rotatable bonds is 6. The second kappa shape index (κ2) is 8.20. The van der Waals surface area contributed by atoms with Gasteiger partial charge in [0.05, 0.1) is 18.5 Å². The van der Waals surface area contributed by atoms with Crippen molar-refractivity contribution >= 4 is 11.4 Å². The summed E-state index contributed by atoms with van der Waals surface area (Å²) in [4.78, 5) is 14.4. The third-order valence-electron chi connectivity index (χ3n) is 3.62. The molecule has 120 valence electrons. The van der Waals surface area contributed by atoms with E-state index in [1.54, 1.807) is 0 Å². The van der Waals surface area contributed by atoms with E-state index in [0.29, 0.717) is 6.61 Å². The fourth-order valence-electron chi connectivity index (χ4n) is 2.41. The lowest BCUT2D eigenvalue weighted by molar-refractivity contribution is -0.282. The lowest BCUT2D eigenvalue weighted by Gasteiger charge is -2.08. The Morgan fingerprint density at radius 2 is 1.29 bits per heavy atom. The molecule has 3 heteroatoms. The van der Waals surface area contributed by atoms with Gasteiger partial charge in [0.2, 0.25) is 0 Å². The van der Waals surface area contributed by atoms with Crippen molar-refractivity contribution in [3.8, 4) is 0 Å². The molecule has 24 heavy (non-hydrogen) atoms. The van der Waals surface area contributed by atoms with Gasteiger partial charge in [0.15, 0.2) is 0 Å². The Hall–Kier alpha value is -2.75. The first-order valence-corrected chi connectivity index (χ1v) is 7.81. The van der Waals surface area contributed by atoms with Gasteiger partial charge in [0, 0.05) is 11.1 Å². The Morgan fingerprint density at radius 3 is 1.79 bits per heavy atom. The standard InChI is InChI=1S/C21H19NO2/c1-23-24-16-17-12-14-20(15-13-17)22-21(18-8-4-2-5-9-18)19-10-6-3-7-11-19/h2-15H,16H2,1H3. The van der Waals surface area contributed by atoms with Gasteiger partial charge in [-0.25, -0.2) is 14.8 Å². The summed E-state index contributed by atoms with van der Waals surface area (Å²) in [5, 5.41) is 0. The fourth-order valence-corrected chi connectivity index (χ4v) is 2.41. The molecule has 0 saturated carbocycles. The van der Waals surface area contributed by atoms with Crippen molar-refractivity contribution in [2.45, 2.75) is 6.61 Å². The van der Waals surface area contributed by atoms with Crippen LogP contribution >= 0.6 is 0 Å². The third-order valence-corrected chi connectivity index (χ3v) is 3.62. The molecule has 0 aliphatic heterocycles. The van der Waals surface area contributed by atoms with Crippen molar-refractivity contribution in [1.82, 2.24) is 0 Å². The number of nitrogens with zero attached hydrogens (tertiary/aromatic N) is 1. The van der Waals surface area contributed by atoms with Crippen LogP contribution in [0.4, 0.5) is 5.69 Å². The van der Waals surface area contributed by atoms with E-state index in [4.69, 9.17) is 9.88 Å². The van der Waals surface area contributed by atoms with Crippen LogP contribution in [0.25, 0.3) is 0 Å². The highest BCUT2D eigenvalue weighted by Crippen LogP contribution is 2.19. The minimum atomic E-state index is 0.421. The van der Waals surface area contributed by atoms with Crippen LogP contribution in [0.1, 0.15) is 16.7 Å². The molecule has 0 N–H and O–H groups in total. The smallest absolute Gasteiger partial charge is 0.107 e. The van der Waals surface area contributed by atoms with E-state index in [2.05, 4.69) is 29.2 Å². The first-order chi connectivity index (χ1) is 11.9. The van der Waals surface area contributed by atoms with E-state index < -0.39 is 0 Å². The second-order valence-corrected chi connectivity index (χ2v) is 5.29. The van der Waals surface area contributed by atoms with Crippen molar-refractivity contribution in [3.05, 3.63) is 102 Å². The molecule has 0 aliphatic rings. The maximum Gasteiger partial charge on any atom is 0.107 e. The van der Waals surface area contributed by atoms with E-state index in [0.717, 1.165) is 28.1 Å². The fraction of sp³-hybridized carbons (Fsp3) is 0.0952. The average Bonchev–Trinajstić information content (AvgIpc) is 2.67. The molecule has 3 rings (SSSR count). The zero-order valence-corrected chi connectivity index (χ0v) is 13.6. The van der Waals surface area contributed by atoms with Crippen LogP contribution in [0.2, 0.25) is 0 Å². The van der Waals surface area contributed by atoms with Gasteiger partial charge in [0.25, 0.3) is 0 Å². The number of aliphatic imine (C=N–C) groups is 1. The molecule has 0 heterocycles. The Bertz CT molecular complexity index is 740. The Morgan fingerprint density at radius 1 is 0.750 bits per heavy atom. The Labute approximate surface area is 142 Å². The zero-order valence-electron chi connectivity index (χ0n) is 13.6. The second-order valence-electron chi connectivity index (χ2n) is 5.29. The van der Waals surface area contributed by atoms with Crippen LogP contribution in [0.15, 0.2) is 89.9 Å². The van der Waals surface area contributed by atoms with Crippen LogP contribution in [-0.2, 0) is 16.4 Å². The predicted molar refractivity (Wildman–Crippen MR) is 96.4 cm³/mol. The van der Waals surface area contributed by atoms with Gasteiger partial charge in [-0.3, -0.25) is 0 Å². The summed E-state index contributed by atoms with van der Waals surface area (Å²) in [6, 6.07) is 28.4. The molecular formula is C21H19NO2. The normalized spacial score (nSPS) is 10.4. The van der Waals surface area contributed by atoms with Crippen molar-refractivity contribution in [3.63, 3.8) is 0 Å². The molecule has 3 nitrogen and oxygen atoms in total. The number of hydrogen-bond acceptors (Lipinski definition) is 3. The SMILES string of the molecule is COOCc1ccc(N=C(c2ccccc2)c2ccccc2)cc1. The number of hydrogen-bond donors (Lipinski definition) is 0. The maximum atomic E-state index is 4.94. The molecule has 0 amide bonds. The van der Waals surface area contributed by atoms with Crippen LogP contribution in [0.5, 0.6) is 0 Å². The van der Waals surface area contributed by atoms with Crippen molar-refractivity contribution < 1.29 is 9.78 Å². The Kier molecular flexibility index (Phi) is 5.51. The van der Waals surface area contributed by atoms with Crippen molar-refractivity contribution in [2.24, 2.45) is 4.99 Å². The van der Waals surface area contributed by atoms with Crippen LogP contribution in [0.3, 0.4) is 0 Å². The Balaban J connectivity index is 1.95. The molecule has 0 bridgehead atoms. The molecule has 0 saturated heterocycles. The summed E-state index contributed by atoms with van der Waals surface area (Å²) >= 11 is 0. The molecule has 0 radical (unpaired) electrons. The van der Waals surface area contributed by atoms with Crippen LogP contribution < -0.4 is 0 Å². The molecule has 0 fully saturated rings. The average molecular weight is 317 g/mol. The summed E-state index contributed by atoms with van der Waals surface area (Å²) in [7, 11) is 1.50. The summed E-state index contributed by atoms with van der Waals surface area (Å²) in [5.74, 6) is 0. The zero-order chi connectivity index (χ0) is 16.6. The maximum absolute atomic E-state index is 4.94. The van der Waals surface area contributed by atoms with E-state index in [9.17, 15) is 0 Å². The predicted octanol–water partition coefficient (Wildman–Crippen LogP) is 4.93. The van der Waals surface area contributed by atoms with Gasteiger partial charge in [-0.15, -0.1) is 0 Å². The van der Waals surface area contributed by atoms with Crippen molar-refractivity contribution in [1.29, 1.82) is 0 Å². The van der Waals surface area contributed by atoms with Crippen LogP contribution in [-0.4, -0.2) is 12.8 Å². The summed E-state index contributed by atoms with van der Waals surface area (Å²) in [6.07, 6.45) is 0. The highest BCUT2D eigenvalue weighted by atomic mass is 17.2. The summed E-state index contributed by atoms with van der Waals surface area (Å²) in [6.45, 7) is 0.421. The minimum Gasteiger partial charge on any atom is -0.248 e. The molecule has 0 atom stereocenters. The lowest BCUT2D eigenvalue weighted by atomic mass is 10.0. The first-order valence-electron chi connectivity index (χ1n) is 7.81. The monoisotopic (exact) mass is 317 g/mol. The van der Waals surface area contributed by atoms with Gasteiger partial charge in [-0.1, -0.05) is 72.8 Å². The van der Waals surface area contributed by atoms with E-state index in [-0.39, 0.29) is 0 Å². The summed E-state index contributed by atoms with van der Waals surface area (Å²) in [5.41, 5.74) is 5.08. The van der Waals surface area contributed by atoms with Gasteiger partial charge < -0.3 is 0 Å². The topological polar surface area (TPSA) is 30.8 Å². The molecule has 0 spiro atoms. The van der Waals surface area contributed by atoms with Crippen LogP contribution in [0, 0.1) is 0 Å². The first kappa shape index (κ1) is 16.1. The van der Waals surface area contributed by atoms with Gasteiger partial charge >= 0.3 is 0 Å². The van der Waals surface area contributed by atoms with Gasteiger partial charge in [0.1, 0.15) is 6.61 Å². The van der Waals surface area contributed by atoms with Gasteiger partial charge in [-0.2, -0.15) is 0 Å². The lowest BCUT2D eigenvalue weighted by Crippen LogP contribution is -2.02. The molecule has 3 aromatic carbocycles.